The van der Waals surface area contributed by atoms with Gasteiger partial charge in [0.15, 0.2) is 0 Å². The van der Waals surface area contributed by atoms with Gasteiger partial charge in [0.2, 0.25) is 0 Å². The van der Waals surface area contributed by atoms with E-state index in [9.17, 15) is 0 Å². The molecule has 0 radical (unpaired) electrons. The minimum absolute atomic E-state index is 0.421. The van der Waals surface area contributed by atoms with Gasteiger partial charge in [-0.3, -0.25) is 4.98 Å². The van der Waals surface area contributed by atoms with Crippen molar-refractivity contribution in [3.8, 4) is 0 Å². The van der Waals surface area contributed by atoms with Gasteiger partial charge in [-0.05, 0) is 36.2 Å². The first kappa shape index (κ1) is 12.1. The third-order valence-electron chi connectivity index (χ3n) is 3.08. The molecule has 0 saturated heterocycles. The monoisotopic (exact) mass is 228 g/mol. The fraction of sp³-hybridized carbons (Fsp3) is 0.400. The Bertz CT molecular complexity index is 491. The highest BCUT2D eigenvalue weighted by Gasteiger charge is 2.14. The predicted molar refractivity (Wildman–Crippen MR) is 73.0 cm³/mol. The molecule has 1 N–H and O–H groups in total. The topological polar surface area (TPSA) is 24.9 Å². The van der Waals surface area contributed by atoms with Crippen LogP contribution in [0.1, 0.15) is 32.4 Å². The second kappa shape index (κ2) is 5.28. The molecule has 2 nitrogen and oxygen atoms in total. The van der Waals surface area contributed by atoms with Crippen LogP contribution in [-0.2, 0) is 0 Å². The summed E-state index contributed by atoms with van der Waals surface area (Å²) in [5, 5.41) is 4.76. The summed E-state index contributed by atoms with van der Waals surface area (Å²) in [7, 11) is 0. The van der Waals surface area contributed by atoms with Gasteiger partial charge in [0.1, 0.15) is 0 Å². The molecule has 17 heavy (non-hydrogen) atoms. The molecule has 0 fully saturated rings. The van der Waals surface area contributed by atoms with Crippen LogP contribution in [0, 0.1) is 5.92 Å². The fourth-order valence-corrected chi connectivity index (χ4v) is 2.25. The van der Waals surface area contributed by atoms with E-state index in [1.165, 1.54) is 10.9 Å². The number of fused-ring (bicyclic) bond motifs is 1. The molecule has 0 amide bonds. The molecule has 0 aliphatic carbocycles. The van der Waals surface area contributed by atoms with Crippen LogP contribution >= 0.6 is 0 Å². The highest BCUT2D eigenvalue weighted by atomic mass is 14.9. The van der Waals surface area contributed by atoms with Crippen molar-refractivity contribution in [3.63, 3.8) is 0 Å². The van der Waals surface area contributed by atoms with Crippen LogP contribution < -0.4 is 5.32 Å². The van der Waals surface area contributed by atoms with Gasteiger partial charge in [-0.1, -0.05) is 32.9 Å². The number of pyridine rings is 1. The summed E-state index contributed by atoms with van der Waals surface area (Å²) in [6, 6.07) is 11.1. The third-order valence-corrected chi connectivity index (χ3v) is 3.08. The molecular weight excluding hydrogens is 208 g/mol. The maximum Gasteiger partial charge on any atom is 0.0702 e. The van der Waals surface area contributed by atoms with Gasteiger partial charge in [-0.2, -0.15) is 0 Å². The van der Waals surface area contributed by atoms with Crippen LogP contribution in [0.5, 0.6) is 0 Å². The van der Waals surface area contributed by atoms with Crippen LogP contribution in [0.4, 0.5) is 0 Å². The van der Waals surface area contributed by atoms with Crippen LogP contribution in [-0.4, -0.2) is 11.5 Å². The molecule has 1 heterocycles. The highest BCUT2D eigenvalue weighted by molar-refractivity contribution is 5.79. The number of rotatable bonds is 4. The molecular formula is C15H20N2. The lowest BCUT2D eigenvalue weighted by molar-refractivity contribution is 0.422. The predicted octanol–water partition coefficient (Wildman–Crippen LogP) is 3.54. The van der Waals surface area contributed by atoms with Gasteiger partial charge in [0.25, 0.3) is 0 Å². The first-order chi connectivity index (χ1) is 8.22. The van der Waals surface area contributed by atoms with E-state index in [4.69, 9.17) is 0 Å². The van der Waals surface area contributed by atoms with Crippen LogP contribution in [0.3, 0.4) is 0 Å². The van der Waals surface area contributed by atoms with E-state index in [0.717, 1.165) is 12.1 Å². The summed E-state index contributed by atoms with van der Waals surface area (Å²) in [4.78, 5) is 4.35. The Balaban J connectivity index is 2.40. The zero-order chi connectivity index (χ0) is 12.3. The van der Waals surface area contributed by atoms with Crippen molar-refractivity contribution >= 4 is 10.9 Å². The molecule has 1 unspecified atom stereocenters. The average molecular weight is 228 g/mol. The molecule has 2 rings (SSSR count). The largest absolute Gasteiger partial charge is 0.310 e. The van der Waals surface area contributed by atoms with E-state index in [0.29, 0.717) is 12.0 Å². The van der Waals surface area contributed by atoms with Gasteiger partial charge in [0.05, 0.1) is 5.52 Å². The third kappa shape index (κ3) is 2.64. The molecule has 2 aromatic rings. The zero-order valence-corrected chi connectivity index (χ0v) is 10.8. The Morgan fingerprint density at radius 2 is 2.06 bits per heavy atom. The molecule has 0 aliphatic heterocycles. The number of hydrogen-bond donors (Lipinski definition) is 1. The van der Waals surface area contributed by atoms with E-state index < -0.39 is 0 Å². The molecule has 0 saturated carbocycles. The summed E-state index contributed by atoms with van der Waals surface area (Å²) >= 11 is 0. The van der Waals surface area contributed by atoms with Crippen molar-refractivity contribution in [2.75, 3.05) is 6.54 Å². The van der Waals surface area contributed by atoms with Crippen molar-refractivity contribution in [2.45, 2.75) is 26.8 Å². The van der Waals surface area contributed by atoms with E-state index in [2.05, 4.69) is 55.3 Å². The van der Waals surface area contributed by atoms with Gasteiger partial charge >= 0.3 is 0 Å². The van der Waals surface area contributed by atoms with Gasteiger partial charge < -0.3 is 5.32 Å². The van der Waals surface area contributed by atoms with Crippen LogP contribution in [0.2, 0.25) is 0 Å². The molecule has 1 aromatic heterocycles. The van der Waals surface area contributed by atoms with E-state index in [1.54, 1.807) is 0 Å². The van der Waals surface area contributed by atoms with Gasteiger partial charge in [-0.25, -0.2) is 0 Å². The van der Waals surface area contributed by atoms with Crippen molar-refractivity contribution in [2.24, 2.45) is 5.92 Å². The lowest BCUT2D eigenvalue weighted by Crippen LogP contribution is -2.25. The van der Waals surface area contributed by atoms with E-state index in [-0.39, 0.29) is 0 Å². The Labute approximate surface area is 103 Å². The fourth-order valence-electron chi connectivity index (χ4n) is 2.25. The standard InChI is InChI=1S/C15H20N2/c1-4-16-15(11(2)3)13-7-8-14-12(10-13)6-5-9-17-14/h5-11,15-16H,4H2,1-3H3. The maximum atomic E-state index is 4.35. The molecule has 0 aliphatic rings. The van der Waals surface area contributed by atoms with Crippen LogP contribution in [0.25, 0.3) is 10.9 Å². The Kier molecular flexibility index (Phi) is 3.75. The number of benzene rings is 1. The molecule has 0 bridgehead atoms. The second-order valence-electron chi connectivity index (χ2n) is 4.73. The molecule has 90 valence electrons. The second-order valence-corrected chi connectivity index (χ2v) is 4.73. The quantitative estimate of drug-likeness (QED) is 0.865. The number of aromatic nitrogens is 1. The Morgan fingerprint density at radius 3 is 2.76 bits per heavy atom. The SMILES string of the molecule is CCNC(c1ccc2ncccc2c1)C(C)C. The molecule has 1 aromatic carbocycles. The van der Waals surface area contributed by atoms with E-state index >= 15 is 0 Å². The lowest BCUT2D eigenvalue weighted by Gasteiger charge is -2.22. The Morgan fingerprint density at radius 1 is 1.24 bits per heavy atom. The zero-order valence-electron chi connectivity index (χ0n) is 10.8. The van der Waals surface area contributed by atoms with Gasteiger partial charge in [-0.15, -0.1) is 0 Å². The molecule has 1 atom stereocenters. The maximum absolute atomic E-state index is 4.35. The van der Waals surface area contributed by atoms with Crippen molar-refractivity contribution in [1.29, 1.82) is 0 Å². The first-order valence-corrected chi connectivity index (χ1v) is 6.30. The number of nitrogens with one attached hydrogen (secondary N) is 1. The average Bonchev–Trinajstić information content (AvgIpc) is 2.35. The minimum Gasteiger partial charge on any atom is -0.310 e. The lowest BCUT2D eigenvalue weighted by atomic mass is 9.95. The van der Waals surface area contributed by atoms with Gasteiger partial charge in [0, 0.05) is 17.6 Å². The summed E-state index contributed by atoms with van der Waals surface area (Å²) in [6.45, 7) is 7.65. The summed E-state index contributed by atoms with van der Waals surface area (Å²) in [5.41, 5.74) is 2.41. The molecule has 0 spiro atoms. The highest BCUT2D eigenvalue weighted by Crippen LogP contribution is 2.24. The minimum atomic E-state index is 0.421. The summed E-state index contributed by atoms with van der Waals surface area (Å²) in [6.07, 6.45) is 1.84. The summed E-state index contributed by atoms with van der Waals surface area (Å²) < 4.78 is 0. The normalized spacial score (nSPS) is 13.2. The number of hydrogen-bond acceptors (Lipinski definition) is 2. The molecule has 2 heteroatoms. The van der Waals surface area contributed by atoms with E-state index in [1.807, 2.05) is 12.3 Å². The van der Waals surface area contributed by atoms with Crippen molar-refractivity contribution < 1.29 is 0 Å². The smallest absolute Gasteiger partial charge is 0.0702 e. The Hall–Kier alpha value is -1.41. The first-order valence-electron chi connectivity index (χ1n) is 6.30. The van der Waals surface area contributed by atoms with Crippen LogP contribution in [0.15, 0.2) is 36.5 Å². The van der Waals surface area contributed by atoms with Crippen molar-refractivity contribution in [3.05, 3.63) is 42.1 Å². The van der Waals surface area contributed by atoms with Crippen molar-refractivity contribution in [1.82, 2.24) is 10.3 Å². The number of nitrogens with zero attached hydrogens (tertiary/aromatic N) is 1. The summed E-state index contributed by atoms with van der Waals surface area (Å²) in [5.74, 6) is 0.587.